The molecule has 0 aliphatic rings. The number of esters is 2. The van der Waals surface area contributed by atoms with E-state index >= 15 is 0 Å². The van der Waals surface area contributed by atoms with E-state index in [1.165, 1.54) is 0 Å². The summed E-state index contributed by atoms with van der Waals surface area (Å²) in [6, 6.07) is 7.25. The Bertz CT molecular complexity index is 640. The highest BCUT2D eigenvalue weighted by molar-refractivity contribution is 7.48. The molecule has 0 bridgehead atoms. The third-order valence-corrected chi connectivity index (χ3v) is 4.09. The molecule has 0 aliphatic carbocycles. The molecule has 0 amide bonds. The Morgan fingerprint density at radius 3 is 2.00 bits per heavy atom. The number of hydrogen-bond donors (Lipinski definition) is 0. The van der Waals surface area contributed by atoms with Gasteiger partial charge in [0.2, 0.25) is 13.6 Å². The minimum atomic E-state index is -4.16. The van der Waals surface area contributed by atoms with Gasteiger partial charge in [0.1, 0.15) is 0 Å². The van der Waals surface area contributed by atoms with Gasteiger partial charge in [-0.15, -0.1) is 0 Å². The fourth-order valence-electron chi connectivity index (χ4n) is 1.45. The predicted molar refractivity (Wildman–Crippen MR) is 88.1 cm³/mol. The van der Waals surface area contributed by atoms with E-state index in [1.54, 1.807) is 12.1 Å². The van der Waals surface area contributed by atoms with Gasteiger partial charge in [0.05, 0.1) is 6.61 Å². The molecular weight excluding hydrogens is 351 g/mol. The summed E-state index contributed by atoms with van der Waals surface area (Å²) in [5.41, 5.74) is 1.66. The maximum atomic E-state index is 12.5. The standard InChI is InChI=1S/C16H19O8P/c1-4-15(17)20-11-23-25(19,24-12-21-16(18)5-2)22-10-14-9-7-6-8-13(14)3/h4-9H,1-2,10-12H2,3H3. The van der Waals surface area contributed by atoms with E-state index in [0.717, 1.165) is 23.3 Å². The average Bonchev–Trinajstić information content (AvgIpc) is 2.60. The molecule has 0 unspecified atom stereocenters. The van der Waals surface area contributed by atoms with Gasteiger partial charge < -0.3 is 9.47 Å². The number of phosphoric ester groups is 1. The summed E-state index contributed by atoms with van der Waals surface area (Å²) in [5, 5.41) is 0. The number of rotatable bonds is 11. The second-order valence-corrected chi connectivity index (χ2v) is 6.15. The highest BCUT2D eigenvalue weighted by atomic mass is 31.2. The van der Waals surface area contributed by atoms with Crippen molar-refractivity contribution in [2.45, 2.75) is 13.5 Å². The summed E-state index contributed by atoms with van der Waals surface area (Å²) in [6.07, 6.45) is 1.82. The SMILES string of the molecule is C=CC(=O)OCOP(=O)(OCOC(=O)C=C)OCc1ccccc1C. The number of ether oxygens (including phenoxy) is 2. The Hall–Kier alpha value is -2.25. The molecule has 8 nitrogen and oxygen atoms in total. The van der Waals surface area contributed by atoms with Crippen LogP contribution in [0, 0.1) is 6.92 Å². The van der Waals surface area contributed by atoms with Crippen molar-refractivity contribution in [3.63, 3.8) is 0 Å². The van der Waals surface area contributed by atoms with Crippen LogP contribution < -0.4 is 0 Å². The van der Waals surface area contributed by atoms with Gasteiger partial charge in [-0.1, -0.05) is 37.4 Å². The number of hydrogen-bond acceptors (Lipinski definition) is 8. The maximum absolute atomic E-state index is 12.5. The first-order valence-electron chi connectivity index (χ1n) is 7.06. The molecule has 1 aromatic carbocycles. The summed E-state index contributed by atoms with van der Waals surface area (Å²) in [5.74, 6) is -1.55. The lowest BCUT2D eigenvalue weighted by molar-refractivity contribution is -0.147. The summed E-state index contributed by atoms with van der Waals surface area (Å²) < 4.78 is 36.7. The van der Waals surface area contributed by atoms with Gasteiger partial charge in [-0.2, -0.15) is 0 Å². The number of carbonyl (C=O) groups is 2. The Labute approximate surface area is 145 Å². The number of carbonyl (C=O) groups excluding carboxylic acids is 2. The van der Waals surface area contributed by atoms with Gasteiger partial charge in [0.15, 0.2) is 0 Å². The average molecular weight is 370 g/mol. The molecule has 0 N–H and O–H groups in total. The first-order valence-corrected chi connectivity index (χ1v) is 8.53. The van der Waals surface area contributed by atoms with Gasteiger partial charge in [-0.3, -0.25) is 4.52 Å². The molecule has 0 fully saturated rings. The van der Waals surface area contributed by atoms with Crippen molar-refractivity contribution in [3.05, 3.63) is 60.7 Å². The Morgan fingerprint density at radius 2 is 1.52 bits per heavy atom. The molecule has 0 aliphatic heterocycles. The van der Waals surface area contributed by atoms with E-state index in [4.69, 9.17) is 13.6 Å². The fourth-order valence-corrected chi connectivity index (χ4v) is 2.33. The number of phosphoric acid groups is 1. The molecule has 0 saturated carbocycles. The molecule has 1 rings (SSSR count). The van der Waals surface area contributed by atoms with E-state index in [1.807, 2.05) is 19.1 Å². The molecule has 0 saturated heterocycles. The molecule has 1 aromatic rings. The van der Waals surface area contributed by atoms with Gasteiger partial charge in [0, 0.05) is 12.2 Å². The van der Waals surface area contributed by atoms with Crippen LogP contribution in [-0.2, 0) is 43.8 Å². The third-order valence-electron chi connectivity index (χ3n) is 2.80. The summed E-state index contributed by atoms with van der Waals surface area (Å²) in [4.78, 5) is 22.0. The van der Waals surface area contributed by atoms with Crippen LogP contribution >= 0.6 is 7.82 Å². The second-order valence-electron chi connectivity index (χ2n) is 4.48. The van der Waals surface area contributed by atoms with E-state index in [2.05, 4.69) is 22.6 Å². The quantitative estimate of drug-likeness (QED) is 0.254. The van der Waals surface area contributed by atoms with E-state index in [-0.39, 0.29) is 6.61 Å². The lowest BCUT2D eigenvalue weighted by atomic mass is 10.1. The highest BCUT2D eigenvalue weighted by Crippen LogP contribution is 2.50. The first kappa shape index (κ1) is 20.8. The van der Waals surface area contributed by atoms with Gasteiger partial charge in [-0.25, -0.2) is 23.2 Å². The summed E-state index contributed by atoms with van der Waals surface area (Å²) >= 11 is 0. The van der Waals surface area contributed by atoms with Crippen LogP contribution in [0.25, 0.3) is 0 Å². The number of aryl methyl sites for hydroxylation is 1. The topological polar surface area (TPSA) is 97.4 Å². The van der Waals surface area contributed by atoms with Crippen LogP contribution in [0.3, 0.4) is 0 Å². The fraction of sp³-hybridized carbons (Fsp3) is 0.250. The normalized spacial score (nSPS) is 10.8. The van der Waals surface area contributed by atoms with Crippen molar-refractivity contribution >= 4 is 19.8 Å². The largest absolute Gasteiger partial charge is 0.480 e. The highest BCUT2D eigenvalue weighted by Gasteiger charge is 2.28. The summed E-state index contributed by atoms with van der Waals surface area (Å²) in [6.45, 7) is 6.81. The first-order chi connectivity index (χ1) is 11.9. The lowest BCUT2D eigenvalue weighted by Gasteiger charge is -2.18. The molecule has 25 heavy (non-hydrogen) atoms. The van der Waals surface area contributed by atoms with E-state index < -0.39 is 33.3 Å². The molecule has 0 spiro atoms. The smallest absolute Gasteiger partial charge is 0.435 e. The predicted octanol–water partition coefficient (Wildman–Crippen LogP) is 3.03. The molecular formula is C16H19O8P. The monoisotopic (exact) mass is 370 g/mol. The van der Waals surface area contributed by atoms with Crippen LogP contribution in [0.15, 0.2) is 49.6 Å². The van der Waals surface area contributed by atoms with Crippen LogP contribution in [0.2, 0.25) is 0 Å². The minimum absolute atomic E-state index is 0.0885. The van der Waals surface area contributed by atoms with E-state index in [0.29, 0.717) is 0 Å². The van der Waals surface area contributed by atoms with Gasteiger partial charge in [0.25, 0.3) is 0 Å². The molecule has 0 atom stereocenters. The minimum Gasteiger partial charge on any atom is -0.435 e. The molecule has 0 heterocycles. The second kappa shape index (κ2) is 10.6. The van der Waals surface area contributed by atoms with Crippen molar-refractivity contribution in [3.8, 4) is 0 Å². The Balaban J connectivity index is 2.68. The Morgan fingerprint density at radius 1 is 1.00 bits per heavy atom. The molecule has 136 valence electrons. The van der Waals surface area contributed by atoms with Crippen molar-refractivity contribution in [2.75, 3.05) is 13.6 Å². The molecule has 9 heteroatoms. The van der Waals surface area contributed by atoms with Crippen LogP contribution in [0.4, 0.5) is 0 Å². The van der Waals surface area contributed by atoms with Gasteiger partial charge >= 0.3 is 19.8 Å². The van der Waals surface area contributed by atoms with Crippen molar-refractivity contribution in [2.24, 2.45) is 0 Å². The zero-order chi connectivity index (χ0) is 18.7. The Kier molecular flexibility index (Phi) is 8.80. The zero-order valence-corrected chi connectivity index (χ0v) is 14.6. The van der Waals surface area contributed by atoms with Crippen LogP contribution in [0.1, 0.15) is 11.1 Å². The molecule has 0 aromatic heterocycles. The van der Waals surface area contributed by atoms with Gasteiger partial charge in [-0.05, 0) is 18.1 Å². The van der Waals surface area contributed by atoms with Crippen LogP contribution in [0.5, 0.6) is 0 Å². The molecule has 0 radical (unpaired) electrons. The lowest BCUT2D eigenvalue weighted by Crippen LogP contribution is -2.10. The summed E-state index contributed by atoms with van der Waals surface area (Å²) in [7, 11) is -4.16. The van der Waals surface area contributed by atoms with Crippen molar-refractivity contribution in [1.82, 2.24) is 0 Å². The third kappa shape index (κ3) is 7.91. The van der Waals surface area contributed by atoms with E-state index in [9.17, 15) is 14.2 Å². The zero-order valence-electron chi connectivity index (χ0n) is 13.7. The van der Waals surface area contributed by atoms with Crippen molar-refractivity contribution < 1.29 is 37.2 Å². The van der Waals surface area contributed by atoms with Crippen molar-refractivity contribution in [1.29, 1.82) is 0 Å². The van der Waals surface area contributed by atoms with Crippen LogP contribution in [-0.4, -0.2) is 25.5 Å². The maximum Gasteiger partial charge on any atom is 0.480 e. The number of benzene rings is 1.